The van der Waals surface area contributed by atoms with Gasteiger partial charge in [0, 0.05) is 12.1 Å². The van der Waals surface area contributed by atoms with Crippen molar-refractivity contribution in [3.05, 3.63) is 22.8 Å². The van der Waals surface area contributed by atoms with Crippen molar-refractivity contribution in [1.29, 1.82) is 0 Å². The molecule has 1 aromatic heterocycles. The molecule has 0 saturated heterocycles. The molecule has 1 aliphatic carbocycles. The van der Waals surface area contributed by atoms with Gasteiger partial charge in [0.15, 0.2) is 0 Å². The second-order valence-corrected chi connectivity index (χ2v) is 6.11. The Labute approximate surface area is 122 Å². The van der Waals surface area contributed by atoms with E-state index in [0.29, 0.717) is 0 Å². The topological polar surface area (TPSA) is 85.4 Å². The third-order valence-corrected chi connectivity index (χ3v) is 3.70. The van der Waals surface area contributed by atoms with Gasteiger partial charge in [-0.2, -0.15) is 26.6 Å². The summed E-state index contributed by atoms with van der Waals surface area (Å²) in [6, 6.07) is 1.90. The van der Waals surface area contributed by atoms with Crippen LogP contribution in [0.25, 0.3) is 0 Å². The van der Waals surface area contributed by atoms with E-state index in [0.717, 1.165) is 25.0 Å². The minimum absolute atomic E-state index is 0.0510. The standard InChI is InChI=1S/C10H8ClF3N2O4S/c11-8-6(9(17)15-5-1-2-5)3-4-7(16-8)20-21(18,19)10(12,13)14/h3-5H,1-2H2,(H,15,17). The van der Waals surface area contributed by atoms with Gasteiger partial charge in [-0.15, -0.1) is 0 Å². The molecule has 1 aromatic rings. The molecule has 0 aromatic carbocycles. The largest absolute Gasteiger partial charge is 0.534 e. The highest BCUT2D eigenvalue weighted by molar-refractivity contribution is 7.87. The summed E-state index contributed by atoms with van der Waals surface area (Å²) in [7, 11) is -5.83. The Morgan fingerprint density at radius 3 is 2.48 bits per heavy atom. The number of hydrogen-bond donors (Lipinski definition) is 1. The van der Waals surface area contributed by atoms with Crippen molar-refractivity contribution in [2.75, 3.05) is 0 Å². The van der Waals surface area contributed by atoms with E-state index in [1.54, 1.807) is 0 Å². The van der Waals surface area contributed by atoms with Gasteiger partial charge in [0.2, 0.25) is 5.88 Å². The van der Waals surface area contributed by atoms with Gasteiger partial charge in [0.25, 0.3) is 5.91 Å². The van der Waals surface area contributed by atoms with Gasteiger partial charge in [0.05, 0.1) is 5.56 Å². The molecule has 0 radical (unpaired) electrons. The summed E-state index contributed by atoms with van der Waals surface area (Å²) >= 11 is 5.64. The normalized spacial score (nSPS) is 15.6. The zero-order valence-electron chi connectivity index (χ0n) is 10.1. The fourth-order valence-corrected chi connectivity index (χ4v) is 1.93. The number of nitrogens with one attached hydrogen (secondary N) is 1. The van der Waals surface area contributed by atoms with Crippen LogP contribution in [0.2, 0.25) is 5.15 Å². The highest BCUT2D eigenvalue weighted by atomic mass is 35.5. The molecule has 0 aliphatic heterocycles. The first-order valence-corrected chi connectivity index (χ1v) is 7.37. The monoisotopic (exact) mass is 344 g/mol. The molecule has 1 aliphatic rings. The average molecular weight is 345 g/mol. The maximum atomic E-state index is 12.1. The van der Waals surface area contributed by atoms with E-state index in [-0.39, 0.29) is 11.6 Å². The maximum Gasteiger partial charge on any atom is 0.534 e. The van der Waals surface area contributed by atoms with Crippen molar-refractivity contribution in [2.45, 2.75) is 24.4 Å². The lowest BCUT2D eigenvalue weighted by atomic mass is 10.2. The van der Waals surface area contributed by atoms with Crippen molar-refractivity contribution in [3.63, 3.8) is 0 Å². The van der Waals surface area contributed by atoms with E-state index in [1.165, 1.54) is 0 Å². The van der Waals surface area contributed by atoms with Crippen LogP contribution >= 0.6 is 11.6 Å². The van der Waals surface area contributed by atoms with Crippen molar-refractivity contribution in [1.82, 2.24) is 10.3 Å². The minimum atomic E-state index is -5.83. The molecule has 2 rings (SSSR count). The molecule has 0 unspecified atom stereocenters. The molecule has 1 N–H and O–H groups in total. The fraction of sp³-hybridized carbons (Fsp3) is 0.400. The SMILES string of the molecule is O=C(NC1CC1)c1ccc(OS(=O)(=O)C(F)(F)F)nc1Cl. The van der Waals surface area contributed by atoms with E-state index in [1.807, 2.05) is 0 Å². The number of hydrogen-bond acceptors (Lipinski definition) is 5. The molecule has 0 bridgehead atoms. The van der Waals surface area contributed by atoms with Crippen LogP contribution in [0.15, 0.2) is 12.1 Å². The summed E-state index contributed by atoms with van der Waals surface area (Å²) in [5.74, 6) is -1.42. The van der Waals surface area contributed by atoms with Gasteiger partial charge in [-0.1, -0.05) is 11.6 Å². The Kier molecular flexibility index (Phi) is 4.02. The Bertz CT molecular complexity index is 673. The molecule has 21 heavy (non-hydrogen) atoms. The van der Waals surface area contributed by atoms with Crippen molar-refractivity contribution in [2.24, 2.45) is 0 Å². The summed E-state index contributed by atoms with van der Waals surface area (Å²) in [6.45, 7) is 0. The first-order valence-electron chi connectivity index (χ1n) is 5.58. The van der Waals surface area contributed by atoms with Crippen molar-refractivity contribution >= 4 is 27.6 Å². The second-order valence-electron chi connectivity index (χ2n) is 4.22. The Morgan fingerprint density at radius 1 is 1.38 bits per heavy atom. The smallest absolute Gasteiger partial charge is 0.355 e. The van der Waals surface area contributed by atoms with Gasteiger partial charge in [-0.3, -0.25) is 4.79 Å². The van der Waals surface area contributed by atoms with Crippen LogP contribution in [0.5, 0.6) is 5.88 Å². The van der Waals surface area contributed by atoms with E-state index in [9.17, 15) is 26.4 Å². The number of rotatable bonds is 4. The summed E-state index contributed by atoms with van der Waals surface area (Å²) in [6.07, 6.45) is 1.67. The predicted molar refractivity (Wildman–Crippen MR) is 65.3 cm³/mol. The van der Waals surface area contributed by atoms with Gasteiger partial charge < -0.3 is 9.50 Å². The van der Waals surface area contributed by atoms with Crippen molar-refractivity contribution in [3.8, 4) is 5.88 Å². The Balaban J connectivity index is 2.17. The lowest BCUT2D eigenvalue weighted by molar-refractivity contribution is -0.0501. The van der Waals surface area contributed by atoms with Gasteiger partial charge in [-0.25, -0.2) is 0 Å². The number of aromatic nitrogens is 1. The molecule has 1 fully saturated rings. The van der Waals surface area contributed by atoms with Crippen molar-refractivity contribution < 1.29 is 30.6 Å². The molecular formula is C10H8ClF3N2O4S. The van der Waals surface area contributed by atoms with Gasteiger partial charge in [-0.05, 0) is 18.9 Å². The number of carbonyl (C=O) groups is 1. The summed E-state index contributed by atoms with van der Waals surface area (Å²) in [5, 5.41) is 2.14. The van der Waals surface area contributed by atoms with Gasteiger partial charge >= 0.3 is 15.6 Å². The highest BCUT2D eigenvalue weighted by Crippen LogP contribution is 2.27. The van der Waals surface area contributed by atoms with Crippen LogP contribution in [-0.2, 0) is 10.1 Å². The Hall–Kier alpha value is -1.55. The fourth-order valence-electron chi connectivity index (χ4n) is 1.28. The predicted octanol–water partition coefficient (Wildman–Crippen LogP) is 1.86. The summed E-state index contributed by atoms with van der Waals surface area (Å²) < 4.78 is 61.8. The lowest BCUT2D eigenvalue weighted by Gasteiger charge is -2.10. The van der Waals surface area contributed by atoms with Crippen LogP contribution in [0, 0.1) is 0 Å². The third kappa shape index (κ3) is 3.76. The zero-order chi connectivity index (χ0) is 15.8. The lowest BCUT2D eigenvalue weighted by Crippen LogP contribution is -2.28. The minimum Gasteiger partial charge on any atom is -0.355 e. The van der Waals surface area contributed by atoms with E-state index >= 15 is 0 Å². The maximum absolute atomic E-state index is 12.1. The first-order chi connectivity index (χ1) is 9.60. The van der Waals surface area contributed by atoms with Crippen LogP contribution in [-0.4, -0.2) is 30.9 Å². The number of alkyl halides is 3. The number of amides is 1. The number of pyridine rings is 1. The van der Waals surface area contributed by atoms with E-state index in [4.69, 9.17) is 11.6 Å². The molecule has 0 atom stereocenters. The summed E-state index contributed by atoms with van der Waals surface area (Å²) in [5.41, 5.74) is -5.66. The average Bonchev–Trinajstić information content (AvgIpc) is 3.10. The van der Waals surface area contributed by atoms with Crippen LogP contribution in [0.1, 0.15) is 23.2 Å². The molecule has 1 saturated carbocycles. The zero-order valence-corrected chi connectivity index (χ0v) is 11.7. The second kappa shape index (κ2) is 5.34. The quantitative estimate of drug-likeness (QED) is 0.512. The molecule has 1 amide bonds. The van der Waals surface area contributed by atoms with Crippen LogP contribution in [0.4, 0.5) is 13.2 Å². The van der Waals surface area contributed by atoms with Gasteiger partial charge in [0.1, 0.15) is 5.15 Å². The van der Waals surface area contributed by atoms with Crippen LogP contribution in [0.3, 0.4) is 0 Å². The molecular weight excluding hydrogens is 337 g/mol. The molecule has 6 nitrogen and oxygen atoms in total. The molecule has 0 spiro atoms. The molecule has 11 heteroatoms. The highest BCUT2D eigenvalue weighted by Gasteiger charge is 2.48. The number of carbonyl (C=O) groups excluding carboxylic acids is 1. The Morgan fingerprint density at radius 2 is 2.00 bits per heavy atom. The first kappa shape index (κ1) is 15.8. The number of nitrogens with zero attached hydrogens (tertiary/aromatic N) is 1. The number of halogens is 4. The molecule has 1 heterocycles. The molecule has 116 valence electrons. The summed E-state index contributed by atoms with van der Waals surface area (Å²) in [4.78, 5) is 15.0. The van der Waals surface area contributed by atoms with E-state index < -0.39 is 32.6 Å². The third-order valence-electron chi connectivity index (χ3n) is 2.46. The van der Waals surface area contributed by atoms with Crippen LogP contribution < -0.4 is 9.50 Å². The van der Waals surface area contributed by atoms with E-state index in [2.05, 4.69) is 14.5 Å².